The van der Waals surface area contributed by atoms with Gasteiger partial charge in [-0.3, -0.25) is 4.79 Å². The van der Waals surface area contributed by atoms with Crippen molar-refractivity contribution < 1.29 is 19.4 Å². The Balaban J connectivity index is 2.30. The second kappa shape index (κ2) is 5.25. The summed E-state index contributed by atoms with van der Waals surface area (Å²) in [5.74, 6) is -1.35. The van der Waals surface area contributed by atoms with E-state index in [-0.39, 0.29) is 23.1 Å². The molecule has 1 saturated heterocycles. The lowest BCUT2D eigenvalue weighted by Crippen LogP contribution is -2.53. The van der Waals surface area contributed by atoms with Crippen molar-refractivity contribution in [3.8, 4) is 0 Å². The molecule has 1 heterocycles. The standard InChI is InChI=1S/C15H19NO4/c1-10-8-16(9-15(2,3)20-10)13(17)11-6-4-5-7-12(11)14(18)19/h4-7,10H,8-9H2,1-3H3,(H,18,19). The minimum atomic E-state index is -1.09. The third-order valence-corrected chi connectivity index (χ3v) is 3.24. The largest absolute Gasteiger partial charge is 0.478 e. The van der Waals surface area contributed by atoms with Crippen LogP contribution in [0.1, 0.15) is 41.5 Å². The molecule has 1 aromatic carbocycles. The lowest BCUT2D eigenvalue weighted by Gasteiger charge is -2.41. The quantitative estimate of drug-likeness (QED) is 0.898. The number of hydrogen-bond acceptors (Lipinski definition) is 3. The summed E-state index contributed by atoms with van der Waals surface area (Å²) in [4.78, 5) is 25.4. The summed E-state index contributed by atoms with van der Waals surface area (Å²) >= 11 is 0. The van der Waals surface area contributed by atoms with E-state index in [2.05, 4.69) is 0 Å². The highest BCUT2D eigenvalue weighted by Gasteiger charge is 2.34. The zero-order chi connectivity index (χ0) is 14.9. The van der Waals surface area contributed by atoms with Crippen LogP contribution in [0.3, 0.4) is 0 Å². The molecule has 0 radical (unpaired) electrons. The van der Waals surface area contributed by atoms with Gasteiger partial charge in [-0.2, -0.15) is 0 Å². The van der Waals surface area contributed by atoms with Gasteiger partial charge in [-0.05, 0) is 32.9 Å². The highest BCUT2D eigenvalue weighted by Crippen LogP contribution is 2.23. The van der Waals surface area contributed by atoms with E-state index < -0.39 is 11.6 Å². The average molecular weight is 277 g/mol. The molecule has 108 valence electrons. The van der Waals surface area contributed by atoms with Gasteiger partial charge in [0.25, 0.3) is 5.91 Å². The summed E-state index contributed by atoms with van der Waals surface area (Å²) in [5.41, 5.74) is -0.162. The molecule has 1 N–H and O–H groups in total. The van der Waals surface area contributed by atoms with E-state index >= 15 is 0 Å². The van der Waals surface area contributed by atoms with Crippen LogP contribution < -0.4 is 0 Å². The van der Waals surface area contributed by atoms with Crippen LogP contribution in [0.25, 0.3) is 0 Å². The van der Waals surface area contributed by atoms with Crippen molar-refractivity contribution in [3.63, 3.8) is 0 Å². The van der Waals surface area contributed by atoms with Crippen LogP contribution in [0.5, 0.6) is 0 Å². The van der Waals surface area contributed by atoms with Crippen LogP contribution in [-0.2, 0) is 4.74 Å². The maximum Gasteiger partial charge on any atom is 0.336 e. The van der Waals surface area contributed by atoms with Crippen molar-refractivity contribution >= 4 is 11.9 Å². The van der Waals surface area contributed by atoms with Crippen LogP contribution in [0, 0.1) is 0 Å². The molecule has 0 aromatic heterocycles. The summed E-state index contributed by atoms with van der Waals surface area (Å²) < 4.78 is 5.76. The summed E-state index contributed by atoms with van der Waals surface area (Å²) in [6.07, 6.45) is -0.0697. The Morgan fingerprint density at radius 2 is 1.90 bits per heavy atom. The molecule has 1 aliphatic heterocycles. The number of aromatic carboxylic acids is 1. The number of carbonyl (C=O) groups excluding carboxylic acids is 1. The lowest BCUT2D eigenvalue weighted by atomic mass is 10.0. The molecule has 0 saturated carbocycles. The van der Waals surface area contributed by atoms with Crippen LogP contribution >= 0.6 is 0 Å². The molecular weight excluding hydrogens is 258 g/mol. The van der Waals surface area contributed by atoms with Gasteiger partial charge in [0.2, 0.25) is 0 Å². The van der Waals surface area contributed by atoms with Crippen molar-refractivity contribution in [2.75, 3.05) is 13.1 Å². The van der Waals surface area contributed by atoms with E-state index in [4.69, 9.17) is 4.74 Å². The topological polar surface area (TPSA) is 66.8 Å². The molecule has 0 aliphatic carbocycles. The molecule has 0 bridgehead atoms. The first-order valence-electron chi connectivity index (χ1n) is 6.59. The molecule has 1 atom stereocenters. The second-order valence-electron chi connectivity index (χ2n) is 5.72. The number of benzene rings is 1. The van der Waals surface area contributed by atoms with E-state index in [9.17, 15) is 14.7 Å². The molecule has 1 aromatic rings. The summed E-state index contributed by atoms with van der Waals surface area (Å²) in [6, 6.07) is 6.30. The van der Waals surface area contributed by atoms with E-state index in [0.29, 0.717) is 13.1 Å². The number of carboxylic acid groups (broad SMARTS) is 1. The molecule has 1 unspecified atom stereocenters. The molecule has 5 nitrogen and oxygen atoms in total. The Labute approximate surface area is 118 Å². The van der Waals surface area contributed by atoms with E-state index in [1.807, 2.05) is 20.8 Å². The molecular formula is C15H19NO4. The monoisotopic (exact) mass is 277 g/mol. The number of carboxylic acids is 1. The third kappa shape index (κ3) is 2.99. The Kier molecular flexibility index (Phi) is 3.81. The smallest absolute Gasteiger partial charge is 0.336 e. The van der Waals surface area contributed by atoms with Gasteiger partial charge < -0.3 is 14.7 Å². The van der Waals surface area contributed by atoms with Crippen LogP contribution in [0.4, 0.5) is 0 Å². The van der Waals surface area contributed by atoms with Gasteiger partial charge in [0.15, 0.2) is 0 Å². The van der Waals surface area contributed by atoms with Crippen molar-refractivity contribution in [1.29, 1.82) is 0 Å². The fourth-order valence-electron chi connectivity index (χ4n) is 2.63. The van der Waals surface area contributed by atoms with Gasteiger partial charge in [0, 0.05) is 13.1 Å². The first-order valence-corrected chi connectivity index (χ1v) is 6.59. The summed E-state index contributed by atoms with van der Waals surface area (Å²) in [7, 11) is 0. The predicted octanol–water partition coefficient (Wildman–Crippen LogP) is 2.02. The second-order valence-corrected chi connectivity index (χ2v) is 5.72. The number of morpholine rings is 1. The first-order chi connectivity index (χ1) is 9.30. The van der Waals surface area contributed by atoms with Gasteiger partial charge in [-0.15, -0.1) is 0 Å². The minimum absolute atomic E-state index is 0.0365. The van der Waals surface area contributed by atoms with Crippen molar-refractivity contribution in [2.45, 2.75) is 32.5 Å². The number of amides is 1. The molecule has 2 rings (SSSR count). The van der Waals surface area contributed by atoms with Crippen LogP contribution in [0.2, 0.25) is 0 Å². The van der Waals surface area contributed by atoms with Gasteiger partial charge in [0.1, 0.15) is 0 Å². The highest BCUT2D eigenvalue weighted by molar-refractivity contribution is 6.04. The number of ether oxygens (including phenoxy) is 1. The van der Waals surface area contributed by atoms with Crippen molar-refractivity contribution in [2.24, 2.45) is 0 Å². The van der Waals surface area contributed by atoms with Gasteiger partial charge in [-0.25, -0.2) is 4.79 Å². The SMILES string of the molecule is CC1CN(C(=O)c2ccccc2C(=O)O)CC(C)(C)O1. The molecule has 1 aliphatic rings. The fourth-order valence-corrected chi connectivity index (χ4v) is 2.63. The number of hydrogen-bond donors (Lipinski definition) is 1. The molecule has 1 fully saturated rings. The molecule has 20 heavy (non-hydrogen) atoms. The van der Waals surface area contributed by atoms with Gasteiger partial charge in [0.05, 0.1) is 22.8 Å². The van der Waals surface area contributed by atoms with Crippen molar-refractivity contribution in [1.82, 2.24) is 4.90 Å². The third-order valence-electron chi connectivity index (χ3n) is 3.24. The van der Waals surface area contributed by atoms with Crippen LogP contribution in [-0.4, -0.2) is 46.7 Å². The Bertz CT molecular complexity index is 538. The average Bonchev–Trinajstić information content (AvgIpc) is 2.35. The lowest BCUT2D eigenvalue weighted by molar-refractivity contribution is -0.118. The number of rotatable bonds is 2. The summed E-state index contributed by atoms with van der Waals surface area (Å²) in [5, 5.41) is 9.17. The zero-order valence-electron chi connectivity index (χ0n) is 11.9. The highest BCUT2D eigenvalue weighted by atomic mass is 16.5. The molecule has 0 spiro atoms. The first kappa shape index (κ1) is 14.5. The van der Waals surface area contributed by atoms with Crippen molar-refractivity contribution in [3.05, 3.63) is 35.4 Å². The van der Waals surface area contributed by atoms with E-state index in [1.54, 1.807) is 23.1 Å². The number of carbonyl (C=O) groups is 2. The van der Waals surface area contributed by atoms with E-state index in [1.165, 1.54) is 6.07 Å². The van der Waals surface area contributed by atoms with Gasteiger partial charge in [-0.1, -0.05) is 12.1 Å². The zero-order valence-corrected chi connectivity index (χ0v) is 11.9. The number of nitrogens with zero attached hydrogens (tertiary/aromatic N) is 1. The van der Waals surface area contributed by atoms with Gasteiger partial charge >= 0.3 is 5.97 Å². The maximum absolute atomic E-state index is 12.6. The maximum atomic E-state index is 12.6. The normalized spacial score (nSPS) is 21.6. The molecule has 1 amide bonds. The minimum Gasteiger partial charge on any atom is -0.478 e. The fraction of sp³-hybridized carbons (Fsp3) is 0.467. The van der Waals surface area contributed by atoms with Crippen LogP contribution in [0.15, 0.2) is 24.3 Å². The Hall–Kier alpha value is -1.88. The predicted molar refractivity (Wildman–Crippen MR) is 73.9 cm³/mol. The Morgan fingerprint density at radius 3 is 2.45 bits per heavy atom. The molecule has 5 heteroatoms. The summed E-state index contributed by atoms with van der Waals surface area (Å²) in [6.45, 7) is 6.67. The van der Waals surface area contributed by atoms with E-state index in [0.717, 1.165) is 0 Å². The Morgan fingerprint density at radius 1 is 1.30 bits per heavy atom.